The van der Waals surface area contributed by atoms with Gasteiger partial charge in [0.05, 0.1) is 12.6 Å². The third-order valence-electron chi connectivity index (χ3n) is 5.45. The van der Waals surface area contributed by atoms with Gasteiger partial charge >= 0.3 is 0 Å². The van der Waals surface area contributed by atoms with Crippen LogP contribution in [-0.4, -0.2) is 36.5 Å². The Kier molecular flexibility index (Phi) is 7.80. The molecule has 6 nitrogen and oxygen atoms in total. The molecule has 0 heterocycles. The third-order valence-corrected chi connectivity index (χ3v) is 5.45. The third kappa shape index (κ3) is 6.33. The van der Waals surface area contributed by atoms with Crippen molar-refractivity contribution in [1.29, 1.82) is 0 Å². The number of benzene rings is 1. The lowest BCUT2D eigenvalue weighted by molar-refractivity contribution is -0.127. The van der Waals surface area contributed by atoms with Crippen molar-refractivity contribution >= 4 is 11.8 Å². The molecule has 0 saturated heterocycles. The number of nitrogens with two attached hydrogens (primary N) is 1. The van der Waals surface area contributed by atoms with Crippen LogP contribution < -0.4 is 21.7 Å². The van der Waals surface area contributed by atoms with Crippen molar-refractivity contribution in [2.45, 2.75) is 64.1 Å². The molecule has 1 fully saturated rings. The van der Waals surface area contributed by atoms with Gasteiger partial charge in [-0.25, -0.2) is 0 Å². The molecule has 1 aromatic rings. The van der Waals surface area contributed by atoms with Crippen LogP contribution in [0.1, 0.15) is 58.1 Å². The standard InChI is InChI=1S/C21H34N4O2/c1-15(2)19(22)20(27)23-13-18(26)24-14-21(11-7-8-12-21)25-16(3)17-9-5-4-6-10-17/h4-6,9-10,15-16,19,25H,7-8,11-14,22H2,1-3H3,(H,23,27)(H,24,26)/t16?,19-/m0/s1. The predicted molar refractivity (Wildman–Crippen MR) is 108 cm³/mol. The highest BCUT2D eigenvalue weighted by Gasteiger charge is 2.35. The van der Waals surface area contributed by atoms with E-state index in [0.717, 1.165) is 25.7 Å². The molecule has 1 saturated carbocycles. The largest absolute Gasteiger partial charge is 0.353 e. The first-order chi connectivity index (χ1) is 12.8. The molecule has 27 heavy (non-hydrogen) atoms. The van der Waals surface area contributed by atoms with E-state index in [-0.39, 0.29) is 35.9 Å². The summed E-state index contributed by atoms with van der Waals surface area (Å²) in [6.45, 7) is 6.45. The van der Waals surface area contributed by atoms with Crippen molar-refractivity contribution in [2.75, 3.05) is 13.1 Å². The van der Waals surface area contributed by atoms with Crippen LogP contribution in [0, 0.1) is 5.92 Å². The lowest BCUT2D eigenvalue weighted by atomic mass is 9.94. The lowest BCUT2D eigenvalue weighted by Gasteiger charge is -2.34. The topological polar surface area (TPSA) is 96.2 Å². The zero-order valence-electron chi connectivity index (χ0n) is 16.8. The van der Waals surface area contributed by atoms with Crippen LogP contribution in [0.2, 0.25) is 0 Å². The molecule has 150 valence electrons. The Morgan fingerprint density at radius 3 is 2.30 bits per heavy atom. The van der Waals surface area contributed by atoms with Crippen LogP contribution in [0.3, 0.4) is 0 Å². The SMILES string of the molecule is CC(NC1(CNC(=O)CNC(=O)[C@@H](N)C(C)C)CCCC1)c1ccccc1. The van der Waals surface area contributed by atoms with Gasteiger partial charge in [0.1, 0.15) is 0 Å². The fraction of sp³-hybridized carbons (Fsp3) is 0.619. The van der Waals surface area contributed by atoms with E-state index in [1.165, 1.54) is 5.56 Å². The molecule has 0 bridgehead atoms. The van der Waals surface area contributed by atoms with Crippen LogP contribution in [0.5, 0.6) is 0 Å². The molecular formula is C21H34N4O2. The molecule has 1 unspecified atom stereocenters. The molecule has 1 aliphatic carbocycles. The molecule has 0 aromatic heterocycles. The summed E-state index contributed by atoms with van der Waals surface area (Å²) in [5, 5.41) is 9.35. The summed E-state index contributed by atoms with van der Waals surface area (Å²) in [6.07, 6.45) is 4.39. The minimum absolute atomic E-state index is 0.0381. The predicted octanol–water partition coefficient (Wildman–Crippen LogP) is 1.87. The Balaban J connectivity index is 1.85. The Morgan fingerprint density at radius 2 is 1.70 bits per heavy atom. The summed E-state index contributed by atoms with van der Waals surface area (Å²) in [5.74, 6) is -0.426. The van der Waals surface area contributed by atoms with E-state index in [0.29, 0.717) is 6.54 Å². The molecule has 0 radical (unpaired) electrons. The molecule has 1 aliphatic rings. The van der Waals surface area contributed by atoms with Crippen molar-refractivity contribution < 1.29 is 9.59 Å². The number of carbonyl (C=O) groups is 2. The summed E-state index contributed by atoms with van der Waals surface area (Å²) < 4.78 is 0. The van der Waals surface area contributed by atoms with Crippen molar-refractivity contribution in [3.8, 4) is 0 Å². The highest BCUT2D eigenvalue weighted by atomic mass is 16.2. The molecule has 2 atom stereocenters. The fourth-order valence-electron chi connectivity index (χ4n) is 3.63. The summed E-state index contributed by atoms with van der Waals surface area (Å²) in [5.41, 5.74) is 6.94. The number of hydrogen-bond donors (Lipinski definition) is 4. The highest BCUT2D eigenvalue weighted by Crippen LogP contribution is 2.31. The molecular weight excluding hydrogens is 340 g/mol. The minimum Gasteiger partial charge on any atom is -0.353 e. The maximum Gasteiger partial charge on any atom is 0.239 e. The van der Waals surface area contributed by atoms with Crippen LogP contribution in [0.25, 0.3) is 0 Å². The Bertz CT molecular complexity index is 612. The minimum atomic E-state index is -0.590. The fourth-order valence-corrected chi connectivity index (χ4v) is 3.63. The molecule has 2 amide bonds. The van der Waals surface area contributed by atoms with Gasteiger partial charge in [0, 0.05) is 18.1 Å². The number of carbonyl (C=O) groups excluding carboxylic acids is 2. The second-order valence-electron chi connectivity index (χ2n) is 8.03. The zero-order chi connectivity index (χ0) is 19.9. The maximum atomic E-state index is 12.2. The van der Waals surface area contributed by atoms with Gasteiger partial charge in [-0.2, -0.15) is 0 Å². The Morgan fingerprint density at radius 1 is 1.07 bits per heavy atom. The van der Waals surface area contributed by atoms with Gasteiger partial charge in [-0.15, -0.1) is 0 Å². The van der Waals surface area contributed by atoms with Crippen molar-refractivity contribution in [3.63, 3.8) is 0 Å². The molecule has 2 rings (SSSR count). The Hall–Kier alpha value is -1.92. The quantitative estimate of drug-likeness (QED) is 0.530. The maximum absolute atomic E-state index is 12.2. The molecule has 0 aliphatic heterocycles. The number of amides is 2. The second-order valence-corrected chi connectivity index (χ2v) is 8.03. The van der Waals surface area contributed by atoms with Crippen molar-refractivity contribution in [1.82, 2.24) is 16.0 Å². The van der Waals surface area contributed by atoms with Crippen LogP contribution in [0.4, 0.5) is 0 Å². The van der Waals surface area contributed by atoms with Gasteiger partial charge in [0.15, 0.2) is 0 Å². The number of rotatable bonds is 9. The second kappa shape index (κ2) is 9.85. The average molecular weight is 375 g/mol. The molecule has 1 aromatic carbocycles. The van der Waals surface area contributed by atoms with Gasteiger partial charge in [-0.05, 0) is 31.2 Å². The van der Waals surface area contributed by atoms with E-state index < -0.39 is 6.04 Å². The first-order valence-corrected chi connectivity index (χ1v) is 9.95. The van der Waals surface area contributed by atoms with E-state index in [4.69, 9.17) is 5.73 Å². The first kappa shape index (κ1) is 21.4. The van der Waals surface area contributed by atoms with Gasteiger partial charge in [0.25, 0.3) is 0 Å². The van der Waals surface area contributed by atoms with Crippen molar-refractivity contribution in [3.05, 3.63) is 35.9 Å². The van der Waals surface area contributed by atoms with Gasteiger partial charge < -0.3 is 21.7 Å². The Labute approximate surface area is 162 Å². The first-order valence-electron chi connectivity index (χ1n) is 9.95. The van der Waals surface area contributed by atoms with E-state index >= 15 is 0 Å². The van der Waals surface area contributed by atoms with E-state index in [2.05, 4.69) is 35.0 Å². The smallest absolute Gasteiger partial charge is 0.239 e. The summed E-state index contributed by atoms with van der Waals surface area (Å²) >= 11 is 0. The summed E-state index contributed by atoms with van der Waals surface area (Å²) in [6, 6.07) is 9.96. The molecule has 5 N–H and O–H groups in total. The highest BCUT2D eigenvalue weighted by molar-refractivity contribution is 5.87. The van der Waals surface area contributed by atoms with Crippen LogP contribution in [-0.2, 0) is 9.59 Å². The van der Waals surface area contributed by atoms with E-state index in [1.807, 2.05) is 32.0 Å². The van der Waals surface area contributed by atoms with Crippen LogP contribution >= 0.6 is 0 Å². The monoisotopic (exact) mass is 374 g/mol. The molecule has 0 spiro atoms. The van der Waals surface area contributed by atoms with E-state index in [1.54, 1.807) is 0 Å². The number of hydrogen-bond acceptors (Lipinski definition) is 4. The van der Waals surface area contributed by atoms with Crippen molar-refractivity contribution in [2.24, 2.45) is 11.7 Å². The van der Waals surface area contributed by atoms with E-state index in [9.17, 15) is 9.59 Å². The van der Waals surface area contributed by atoms with Gasteiger partial charge in [-0.3, -0.25) is 9.59 Å². The average Bonchev–Trinajstić information content (AvgIpc) is 3.13. The zero-order valence-corrected chi connectivity index (χ0v) is 16.8. The molecule has 6 heteroatoms. The summed E-state index contributed by atoms with van der Waals surface area (Å²) in [4.78, 5) is 24.1. The van der Waals surface area contributed by atoms with Crippen LogP contribution in [0.15, 0.2) is 30.3 Å². The lowest BCUT2D eigenvalue weighted by Crippen LogP contribution is -2.54. The van der Waals surface area contributed by atoms with Gasteiger partial charge in [-0.1, -0.05) is 57.0 Å². The van der Waals surface area contributed by atoms with Gasteiger partial charge in [0.2, 0.25) is 11.8 Å². The number of nitrogens with one attached hydrogen (secondary N) is 3. The summed E-state index contributed by atoms with van der Waals surface area (Å²) in [7, 11) is 0. The normalized spacial score (nSPS) is 18.1.